The van der Waals surface area contributed by atoms with Crippen LogP contribution in [-0.4, -0.2) is 21.3 Å². The summed E-state index contributed by atoms with van der Waals surface area (Å²) in [6.07, 6.45) is 3.80. The standard InChI is InChI=1S/C17H17N2O5/c1-21-15-9-7-12(16(22-2)17(15)23-3)6-4-11-5-8-14-13(10-11)18-24-19(14)20/h4-10,18H,1-3H3/q-1/b6-4-. The number of benzene rings is 2. The molecular formula is C17H17N2O5-. The quantitative estimate of drug-likeness (QED) is 0.842. The summed E-state index contributed by atoms with van der Waals surface area (Å²) >= 11 is 0. The summed E-state index contributed by atoms with van der Waals surface area (Å²) in [6.45, 7) is 0. The van der Waals surface area contributed by atoms with E-state index in [9.17, 15) is 5.21 Å². The minimum absolute atomic E-state index is 0.431. The maximum atomic E-state index is 11.3. The van der Waals surface area contributed by atoms with Crippen molar-refractivity contribution in [1.29, 1.82) is 0 Å². The maximum Gasteiger partial charge on any atom is 0.203 e. The van der Waals surface area contributed by atoms with E-state index < -0.39 is 0 Å². The van der Waals surface area contributed by atoms with Crippen LogP contribution in [0, 0.1) is 5.21 Å². The molecule has 0 spiro atoms. The number of rotatable bonds is 5. The van der Waals surface area contributed by atoms with Gasteiger partial charge >= 0.3 is 0 Å². The lowest BCUT2D eigenvalue weighted by Crippen LogP contribution is -2.09. The van der Waals surface area contributed by atoms with Crippen LogP contribution >= 0.6 is 0 Å². The Morgan fingerprint density at radius 3 is 2.50 bits per heavy atom. The molecule has 1 aliphatic rings. The Morgan fingerprint density at radius 2 is 1.79 bits per heavy atom. The Kier molecular flexibility index (Phi) is 4.45. The average molecular weight is 329 g/mol. The van der Waals surface area contributed by atoms with Gasteiger partial charge in [0.1, 0.15) is 0 Å². The Labute approximate surface area is 139 Å². The van der Waals surface area contributed by atoms with Crippen LogP contribution in [0.1, 0.15) is 11.1 Å². The van der Waals surface area contributed by atoms with Gasteiger partial charge in [-0.2, -0.15) is 4.94 Å². The number of nitrogens with one attached hydrogen (secondary N) is 1. The predicted molar refractivity (Wildman–Crippen MR) is 92.0 cm³/mol. The number of anilines is 2. The van der Waals surface area contributed by atoms with E-state index in [1.165, 1.54) is 0 Å². The largest absolute Gasteiger partial charge is 0.731 e. The molecule has 0 atom stereocenters. The predicted octanol–water partition coefficient (Wildman–Crippen LogP) is 3.46. The van der Waals surface area contributed by atoms with Crippen molar-refractivity contribution in [3.63, 3.8) is 0 Å². The molecule has 1 N–H and O–H groups in total. The van der Waals surface area contributed by atoms with Gasteiger partial charge in [-0.05, 0) is 29.8 Å². The van der Waals surface area contributed by atoms with E-state index >= 15 is 0 Å². The Balaban J connectivity index is 1.92. The minimum atomic E-state index is 0.431. The molecule has 0 amide bonds. The molecule has 0 saturated heterocycles. The van der Waals surface area contributed by atoms with Crippen molar-refractivity contribution in [2.45, 2.75) is 0 Å². The summed E-state index contributed by atoms with van der Waals surface area (Å²) in [5.41, 5.74) is 5.36. The zero-order valence-corrected chi connectivity index (χ0v) is 13.5. The summed E-state index contributed by atoms with van der Waals surface area (Å²) in [4.78, 5) is 4.69. The van der Waals surface area contributed by atoms with Gasteiger partial charge in [0.05, 0.1) is 32.7 Å². The van der Waals surface area contributed by atoms with E-state index in [0.29, 0.717) is 33.8 Å². The van der Waals surface area contributed by atoms with Gasteiger partial charge in [0.15, 0.2) is 11.5 Å². The highest BCUT2D eigenvalue weighted by molar-refractivity contribution is 5.80. The smallest absolute Gasteiger partial charge is 0.203 e. The van der Waals surface area contributed by atoms with Crippen LogP contribution in [0.2, 0.25) is 0 Å². The fraction of sp³-hybridized carbons (Fsp3) is 0.176. The van der Waals surface area contributed by atoms with Crippen molar-refractivity contribution in [1.82, 2.24) is 0 Å². The monoisotopic (exact) mass is 329 g/mol. The van der Waals surface area contributed by atoms with Crippen LogP contribution in [0.4, 0.5) is 11.4 Å². The molecule has 0 radical (unpaired) electrons. The fourth-order valence-corrected chi connectivity index (χ4v) is 2.48. The van der Waals surface area contributed by atoms with Gasteiger partial charge in [-0.15, -0.1) is 0 Å². The Hall–Kier alpha value is -2.90. The van der Waals surface area contributed by atoms with E-state index in [1.54, 1.807) is 27.4 Å². The van der Waals surface area contributed by atoms with Crippen molar-refractivity contribution in [3.8, 4) is 17.2 Å². The van der Waals surface area contributed by atoms with Crippen LogP contribution < -0.4 is 24.9 Å². The van der Waals surface area contributed by atoms with Gasteiger partial charge in [0.2, 0.25) is 5.75 Å². The molecule has 24 heavy (non-hydrogen) atoms. The van der Waals surface area contributed by atoms with E-state index in [1.807, 2.05) is 36.4 Å². The topological polar surface area (TPSA) is 75.2 Å². The van der Waals surface area contributed by atoms with Gasteiger partial charge in [-0.3, -0.25) is 5.23 Å². The number of nitrogens with zero attached hydrogens (tertiary/aromatic N) is 1. The molecule has 3 rings (SSSR count). The highest BCUT2D eigenvalue weighted by Gasteiger charge is 2.15. The molecule has 0 aromatic heterocycles. The molecule has 2 aromatic rings. The maximum absolute atomic E-state index is 11.3. The highest BCUT2D eigenvalue weighted by atomic mass is 17.0. The minimum Gasteiger partial charge on any atom is -0.731 e. The number of ether oxygens (including phenoxy) is 3. The van der Waals surface area contributed by atoms with E-state index in [4.69, 9.17) is 14.2 Å². The van der Waals surface area contributed by atoms with Crippen LogP contribution in [0.15, 0.2) is 30.3 Å². The van der Waals surface area contributed by atoms with Gasteiger partial charge in [0, 0.05) is 5.56 Å². The molecule has 7 heteroatoms. The Morgan fingerprint density at radius 1 is 1.00 bits per heavy atom. The van der Waals surface area contributed by atoms with Crippen molar-refractivity contribution < 1.29 is 19.1 Å². The normalized spacial score (nSPS) is 12.9. The fourth-order valence-electron chi connectivity index (χ4n) is 2.48. The summed E-state index contributed by atoms with van der Waals surface area (Å²) in [5.74, 6) is 1.72. The molecule has 1 aliphatic heterocycles. The van der Waals surface area contributed by atoms with Crippen molar-refractivity contribution in [2.75, 3.05) is 32.0 Å². The van der Waals surface area contributed by atoms with E-state index in [-0.39, 0.29) is 0 Å². The first kappa shape index (κ1) is 16.0. The molecule has 0 fully saturated rings. The molecule has 126 valence electrons. The second kappa shape index (κ2) is 6.69. The van der Waals surface area contributed by atoms with Gasteiger partial charge in [0.25, 0.3) is 0 Å². The summed E-state index contributed by atoms with van der Waals surface area (Å²) in [7, 11) is 4.72. The Bertz CT molecular complexity index is 776. The van der Waals surface area contributed by atoms with E-state index in [2.05, 4.69) is 10.4 Å². The lowest BCUT2D eigenvalue weighted by Gasteiger charge is -2.19. The van der Waals surface area contributed by atoms with Gasteiger partial charge < -0.3 is 19.4 Å². The first-order valence-electron chi connectivity index (χ1n) is 7.19. The molecule has 0 bridgehead atoms. The molecule has 0 aliphatic carbocycles. The third-order valence-corrected chi connectivity index (χ3v) is 3.65. The summed E-state index contributed by atoms with van der Waals surface area (Å²) in [6, 6.07) is 9.02. The molecule has 0 saturated carbocycles. The summed E-state index contributed by atoms with van der Waals surface area (Å²) in [5, 5.41) is 11.8. The first-order valence-corrected chi connectivity index (χ1v) is 7.19. The van der Waals surface area contributed by atoms with Crippen molar-refractivity contribution >= 4 is 23.5 Å². The van der Waals surface area contributed by atoms with Gasteiger partial charge in [-0.1, -0.05) is 18.2 Å². The van der Waals surface area contributed by atoms with Crippen LogP contribution in [0.3, 0.4) is 0 Å². The lowest BCUT2D eigenvalue weighted by atomic mass is 10.1. The molecule has 1 heterocycles. The number of fused-ring (bicyclic) bond motifs is 1. The van der Waals surface area contributed by atoms with E-state index in [0.717, 1.165) is 11.1 Å². The van der Waals surface area contributed by atoms with Crippen molar-refractivity contribution in [2.24, 2.45) is 0 Å². The zero-order valence-electron chi connectivity index (χ0n) is 13.5. The molecular weight excluding hydrogens is 312 g/mol. The zero-order chi connectivity index (χ0) is 17.1. The molecule has 7 nitrogen and oxygen atoms in total. The van der Waals surface area contributed by atoms with Crippen LogP contribution in [0.25, 0.3) is 12.2 Å². The number of hydrogen-bond donors (Lipinski definition) is 1. The second-order valence-electron chi connectivity index (χ2n) is 4.98. The van der Waals surface area contributed by atoms with Crippen LogP contribution in [-0.2, 0) is 4.94 Å². The third-order valence-electron chi connectivity index (χ3n) is 3.65. The second-order valence-corrected chi connectivity index (χ2v) is 4.98. The van der Waals surface area contributed by atoms with Crippen molar-refractivity contribution in [3.05, 3.63) is 46.7 Å². The summed E-state index contributed by atoms with van der Waals surface area (Å²) < 4.78 is 16.1. The molecule has 2 aromatic carbocycles. The lowest BCUT2D eigenvalue weighted by molar-refractivity contribution is 0.211. The average Bonchev–Trinajstić information content (AvgIpc) is 2.99. The SMILES string of the molecule is COc1ccc(/C=C\c2ccc3c(c2)NON3[O-])c(OC)c1OC. The number of hydrogen-bond acceptors (Lipinski definition) is 7. The highest BCUT2D eigenvalue weighted by Crippen LogP contribution is 2.40. The van der Waals surface area contributed by atoms with Gasteiger partial charge in [-0.25, -0.2) is 5.48 Å². The third kappa shape index (κ3) is 2.82. The van der Waals surface area contributed by atoms with Crippen LogP contribution in [0.5, 0.6) is 17.2 Å². The molecule has 0 unspecified atom stereocenters. The number of methoxy groups -OCH3 is 3. The first-order chi connectivity index (χ1) is 11.7.